The van der Waals surface area contributed by atoms with Crippen molar-refractivity contribution in [2.75, 3.05) is 19.8 Å². The lowest BCUT2D eigenvalue weighted by molar-refractivity contribution is -0.143. The lowest BCUT2D eigenvalue weighted by Crippen LogP contribution is -2.41. The van der Waals surface area contributed by atoms with Gasteiger partial charge in [-0.25, -0.2) is 4.98 Å². The fourth-order valence-corrected chi connectivity index (χ4v) is 6.04. The Morgan fingerprint density at radius 3 is 2.19 bits per heavy atom. The average Bonchev–Trinajstić information content (AvgIpc) is 3.46. The van der Waals surface area contributed by atoms with Gasteiger partial charge in [0.15, 0.2) is 5.82 Å². The monoisotopic (exact) mass is 629 g/mol. The van der Waals surface area contributed by atoms with Gasteiger partial charge < -0.3 is 14.2 Å². The van der Waals surface area contributed by atoms with E-state index in [-0.39, 0.29) is 30.1 Å². The molecule has 43 heavy (non-hydrogen) atoms. The number of aromatic nitrogens is 3. The maximum absolute atomic E-state index is 13.5. The van der Waals surface area contributed by atoms with Crippen LogP contribution in [-0.2, 0) is 26.6 Å². The van der Waals surface area contributed by atoms with E-state index in [2.05, 4.69) is 34.8 Å². The molecule has 1 N–H and O–H groups in total. The van der Waals surface area contributed by atoms with Gasteiger partial charge in [0.1, 0.15) is 12.4 Å². The van der Waals surface area contributed by atoms with Crippen LogP contribution in [0.5, 0.6) is 0 Å². The largest absolute Gasteiger partial charge is 0.416 e. The molecule has 1 fully saturated rings. The van der Waals surface area contributed by atoms with Crippen LogP contribution in [-0.4, -0.2) is 49.2 Å². The number of H-pyrrole nitrogens is 1. The van der Waals surface area contributed by atoms with Crippen LogP contribution in [0.4, 0.5) is 26.3 Å². The third-order valence-electron chi connectivity index (χ3n) is 7.59. The molecule has 6 nitrogen and oxygen atoms in total. The van der Waals surface area contributed by atoms with E-state index in [4.69, 9.17) is 14.2 Å². The Bertz CT molecular complexity index is 1270. The van der Waals surface area contributed by atoms with Crippen LogP contribution in [0.2, 0.25) is 25.7 Å². The van der Waals surface area contributed by atoms with Crippen LogP contribution in [0.25, 0.3) is 0 Å². The van der Waals surface area contributed by atoms with E-state index in [0.29, 0.717) is 37.6 Å². The lowest BCUT2D eigenvalue weighted by atomic mass is 9.78. The molecule has 1 unspecified atom stereocenters. The van der Waals surface area contributed by atoms with Gasteiger partial charge >= 0.3 is 12.4 Å². The van der Waals surface area contributed by atoms with E-state index in [9.17, 15) is 26.3 Å². The molecule has 4 rings (SSSR count). The summed E-state index contributed by atoms with van der Waals surface area (Å²) in [5.74, 6) is 0.126. The van der Waals surface area contributed by atoms with Gasteiger partial charge in [0.05, 0.1) is 36.5 Å². The molecule has 5 atom stereocenters. The van der Waals surface area contributed by atoms with Crippen molar-refractivity contribution in [1.82, 2.24) is 15.2 Å². The van der Waals surface area contributed by atoms with E-state index < -0.39 is 49.9 Å². The third kappa shape index (κ3) is 9.13. The van der Waals surface area contributed by atoms with Gasteiger partial charge in [0.2, 0.25) is 0 Å². The first kappa shape index (κ1) is 33.2. The van der Waals surface area contributed by atoms with Gasteiger partial charge in [-0.1, -0.05) is 50.0 Å². The van der Waals surface area contributed by atoms with Gasteiger partial charge in [-0.2, -0.15) is 31.4 Å². The second-order valence-electron chi connectivity index (χ2n) is 12.2. The van der Waals surface area contributed by atoms with Gasteiger partial charge in [0, 0.05) is 20.6 Å². The average molecular weight is 630 g/mol. The molecule has 0 radical (unpaired) electrons. The van der Waals surface area contributed by atoms with Crippen LogP contribution >= 0.6 is 0 Å². The Labute approximate surface area is 248 Å². The van der Waals surface area contributed by atoms with Crippen molar-refractivity contribution in [3.8, 4) is 0 Å². The summed E-state index contributed by atoms with van der Waals surface area (Å²) in [4.78, 5) is 4.32. The summed E-state index contributed by atoms with van der Waals surface area (Å²) in [6.45, 7) is 9.24. The highest BCUT2D eigenvalue weighted by Gasteiger charge is 2.41. The van der Waals surface area contributed by atoms with Crippen molar-refractivity contribution < 1.29 is 40.6 Å². The van der Waals surface area contributed by atoms with Crippen molar-refractivity contribution in [3.63, 3.8) is 0 Å². The second kappa shape index (κ2) is 13.5. The fraction of sp³-hybridized carbons (Fsp3) is 0.533. The highest BCUT2D eigenvalue weighted by Crippen LogP contribution is 2.42. The number of aromatic amines is 1. The quantitative estimate of drug-likeness (QED) is 0.171. The Morgan fingerprint density at radius 2 is 1.63 bits per heavy atom. The summed E-state index contributed by atoms with van der Waals surface area (Å²) >= 11 is 0. The molecule has 236 valence electrons. The molecule has 0 spiro atoms. The minimum absolute atomic E-state index is 0.120. The van der Waals surface area contributed by atoms with Gasteiger partial charge in [-0.15, -0.1) is 0 Å². The summed E-state index contributed by atoms with van der Waals surface area (Å²) in [6.07, 6.45) is -10.2. The zero-order valence-corrected chi connectivity index (χ0v) is 25.5. The maximum atomic E-state index is 13.5. The Balaban J connectivity index is 1.62. The number of halogens is 6. The minimum atomic E-state index is -4.95. The Hall–Kier alpha value is -2.74. The van der Waals surface area contributed by atoms with Crippen LogP contribution in [0.3, 0.4) is 0 Å². The van der Waals surface area contributed by atoms with Crippen molar-refractivity contribution >= 4 is 8.07 Å². The van der Waals surface area contributed by atoms with E-state index in [1.807, 2.05) is 30.3 Å². The Morgan fingerprint density at radius 1 is 0.977 bits per heavy atom. The topological polar surface area (TPSA) is 69.3 Å². The highest BCUT2D eigenvalue weighted by atomic mass is 28.3. The standard InChI is InChI=1S/C30H37F6N3O3Si/c1-19(21-12-23(29(31,32)33)15-24(13-21)30(34,35)36)42-26-17-40-16-22(27(26)20-8-6-5-7-9-20)14-25(28-37-18-38-39-28)41-10-11-43(2,3)4/h5-9,12-13,15,18-19,22,25-27H,10-11,14,16-17H2,1-4H3,(H,37,38,39)/t19-,22-,25?,26+,27+/m1/s1. The van der Waals surface area contributed by atoms with Crippen LogP contribution < -0.4 is 0 Å². The predicted octanol–water partition coefficient (Wildman–Crippen LogP) is 8.20. The molecule has 1 aromatic heterocycles. The first-order valence-corrected chi connectivity index (χ1v) is 17.9. The zero-order valence-electron chi connectivity index (χ0n) is 24.5. The van der Waals surface area contributed by atoms with Gasteiger partial charge in [-0.3, -0.25) is 5.10 Å². The van der Waals surface area contributed by atoms with Crippen molar-refractivity contribution in [3.05, 3.63) is 82.9 Å². The zero-order chi connectivity index (χ0) is 31.4. The molecule has 0 amide bonds. The minimum Gasteiger partial charge on any atom is -0.378 e. The Kier molecular flexibility index (Phi) is 10.4. The first-order valence-electron chi connectivity index (χ1n) is 14.2. The molecule has 2 heterocycles. The molecular weight excluding hydrogens is 592 g/mol. The molecular formula is C30H37F6N3O3Si. The summed E-state index contributed by atoms with van der Waals surface area (Å²) in [7, 11) is -1.38. The predicted molar refractivity (Wildman–Crippen MR) is 151 cm³/mol. The van der Waals surface area contributed by atoms with Crippen LogP contribution in [0, 0.1) is 5.92 Å². The van der Waals surface area contributed by atoms with E-state index in [0.717, 1.165) is 11.6 Å². The first-order chi connectivity index (χ1) is 20.1. The number of nitrogens with one attached hydrogen (secondary N) is 1. The lowest BCUT2D eigenvalue weighted by Gasteiger charge is -2.40. The smallest absolute Gasteiger partial charge is 0.378 e. The van der Waals surface area contributed by atoms with E-state index in [1.165, 1.54) is 13.3 Å². The fourth-order valence-electron chi connectivity index (χ4n) is 5.31. The number of alkyl halides is 6. The SMILES string of the molecule is C[C@@H](O[C@H]1COC[C@@H](CC(OCC[Si](C)(C)C)c2ncn[nH]2)[C@@H]1c1ccccc1)c1cc(C(F)(F)F)cc(C(F)(F)F)c1. The normalized spacial score (nSPS) is 21.5. The van der Waals surface area contributed by atoms with E-state index >= 15 is 0 Å². The summed E-state index contributed by atoms with van der Waals surface area (Å²) < 4.78 is 99.7. The molecule has 1 aliphatic heterocycles. The van der Waals surface area contributed by atoms with Crippen molar-refractivity contribution in [2.24, 2.45) is 5.92 Å². The highest BCUT2D eigenvalue weighted by molar-refractivity contribution is 6.76. The molecule has 13 heteroatoms. The maximum Gasteiger partial charge on any atom is 0.416 e. The van der Waals surface area contributed by atoms with Crippen LogP contribution in [0.15, 0.2) is 54.9 Å². The molecule has 3 aromatic rings. The molecule has 1 saturated heterocycles. The van der Waals surface area contributed by atoms with Crippen molar-refractivity contribution in [1.29, 1.82) is 0 Å². The number of nitrogens with zero attached hydrogens (tertiary/aromatic N) is 2. The number of hydrogen-bond acceptors (Lipinski definition) is 5. The number of hydrogen-bond donors (Lipinski definition) is 1. The van der Waals surface area contributed by atoms with E-state index in [1.54, 1.807) is 0 Å². The molecule has 2 aromatic carbocycles. The molecule has 1 aliphatic rings. The summed E-state index contributed by atoms with van der Waals surface area (Å²) in [5.41, 5.74) is -2.05. The van der Waals surface area contributed by atoms with Gasteiger partial charge in [0.25, 0.3) is 0 Å². The third-order valence-corrected chi connectivity index (χ3v) is 9.30. The summed E-state index contributed by atoms with van der Waals surface area (Å²) in [6, 6.07) is 12.0. The number of benzene rings is 2. The van der Waals surface area contributed by atoms with Crippen molar-refractivity contribution in [2.45, 2.75) is 75.6 Å². The number of rotatable bonds is 11. The molecule has 0 bridgehead atoms. The molecule has 0 aliphatic carbocycles. The molecule has 0 saturated carbocycles. The summed E-state index contributed by atoms with van der Waals surface area (Å²) in [5, 5.41) is 6.88. The van der Waals surface area contributed by atoms with Gasteiger partial charge in [-0.05, 0) is 54.6 Å². The van der Waals surface area contributed by atoms with Crippen LogP contribution in [0.1, 0.15) is 59.5 Å². The number of ether oxygens (including phenoxy) is 3. The second-order valence-corrected chi connectivity index (χ2v) is 17.8.